The van der Waals surface area contributed by atoms with Gasteiger partial charge in [0.05, 0.1) is 81.3 Å². The minimum atomic E-state index is -4.69. The van der Waals surface area contributed by atoms with E-state index in [4.69, 9.17) is 13.1 Å². The van der Waals surface area contributed by atoms with Gasteiger partial charge >= 0.3 is 12.4 Å². The molecule has 46 heavy (non-hydrogen) atoms. The van der Waals surface area contributed by atoms with Crippen LogP contribution in [0.5, 0.6) is 0 Å². The summed E-state index contributed by atoms with van der Waals surface area (Å²) in [4.78, 5) is 24.8. The third kappa shape index (κ3) is 3.98. The van der Waals surface area contributed by atoms with Crippen LogP contribution in [-0.4, -0.2) is 19.9 Å². The number of nitrogens with zero attached hydrogens (tertiary/aromatic N) is 8. The molecule has 218 valence electrons. The zero-order valence-corrected chi connectivity index (χ0v) is 22.5. The minimum Gasteiger partial charge on any atom is -0.245 e. The van der Waals surface area contributed by atoms with Gasteiger partial charge in [0, 0.05) is 22.3 Å². The lowest BCUT2D eigenvalue weighted by molar-refractivity contribution is -0.138. The fourth-order valence-corrected chi connectivity index (χ4v) is 5.61. The van der Waals surface area contributed by atoms with Gasteiger partial charge in [-0.05, 0) is 47.5 Å². The van der Waals surface area contributed by atoms with Crippen LogP contribution >= 0.6 is 0 Å². The summed E-state index contributed by atoms with van der Waals surface area (Å²) in [5.41, 5.74) is -1.65. The van der Waals surface area contributed by atoms with Crippen LogP contribution in [0, 0.1) is 35.8 Å². The predicted molar refractivity (Wildman–Crippen MR) is 150 cm³/mol. The number of halogens is 6. The van der Waals surface area contributed by atoms with E-state index in [1.54, 1.807) is 12.1 Å². The molecule has 8 nitrogen and oxygen atoms in total. The average molecular weight is 618 g/mol. The standard InChI is InChI=1S/C32H8F6N8/c1-41-23(11-39)25-17-7-13(31(33,34)35)3-5-15(17)27-29(25)45-21-9-20-22(10-19(21)43-27)46-30-26(24(12-40)42-2)18-8-14(32(36,37)38)4-6-16(18)28(30)44-20/h3-10H/b25-23-,26-24+. The fourth-order valence-electron chi connectivity index (χ4n) is 5.61. The largest absolute Gasteiger partial charge is 0.416 e. The van der Waals surface area contributed by atoms with E-state index in [2.05, 4.69) is 29.6 Å². The monoisotopic (exact) mass is 618 g/mol. The summed E-state index contributed by atoms with van der Waals surface area (Å²) in [5, 5.41) is 19.3. The SMILES string of the molecule is [C-]#[N+]/C(C#N)=C1/c2cc(C(F)(F)F)ccc2-c2nc3cc4nc5c(nc4cc3nc21)-c1ccc(C(F)(F)F)cc1/C5=C(/C#N)[N+]#[C-]. The summed E-state index contributed by atoms with van der Waals surface area (Å²) >= 11 is 0. The Morgan fingerprint density at radius 1 is 0.543 bits per heavy atom. The summed E-state index contributed by atoms with van der Waals surface area (Å²) in [5.74, 6) is 0. The molecule has 0 bridgehead atoms. The second-order valence-corrected chi connectivity index (χ2v) is 10.1. The van der Waals surface area contributed by atoms with Crippen molar-refractivity contribution >= 4 is 33.2 Å². The van der Waals surface area contributed by atoms with Gasteiger partial charge in [-0.1, -0.05) is 12.1 Å². The second kappa shape index (κ2) is 9.43. The molecule has 2 aliphatic carbocycles. The van der Waals surface area contributed by atoms with E-state index >= 15 is 0 Å². The molecular formula is C32H8F6N8. The fraction of sp³-hybridized carbons (Fsp3) is 0.0625. The summed E-state index contributed by atoms with van der Waals surface area (Å²) in [6.07, 6.45) is -9.39. The van der Waals surface area contributed by atoms with Crippen molar-refractivity contribution in [1.82, 2.24) is 19.9 Å². The maximum Gasteiger partial charge on any atom is 0.416 e. The van der Waals surface area contributed by atoms with E-state index in [0.717, 1.165) is 24.3 Å². The highest BCUT2D eigenvalue weighted by molar-refractivity contribution is 6.06. The van der Waals surface area contributed by atoms with E-state index in [-0.39, 0.29) is 78.2 Å². The van der Waals surface area contributed by atoms with Gasteiger partial charge in [-0.2, -0.15) is 26.3 Å². The van der Waals surface area contributed by atoms with E-state index in [9.17, 15) is 36.9 Å². The molecule has 0 unspecified atom stereocenters. The number of benzene rings is 3. The van der Waals surface area contributed by atoms with Crippen LogP contribution < -0.4 is 0 Å². The highest BCUT2D eigenvalue weighted by atomic mass is 19.4. The van der Waals surface area contributed by atoms with E-state index in [1.807, 2.05) is 0 Å². The van der Waals surface area contributed by atoms with Gasteiger partial charge in [-0.25, -0.2) is 40.1 Å². The van der Waals surface area contributed by atoms with Crippen molar-refractivity contribution in [2.24, 2.45) is 0 Å². The van der Waals surface area contributed by atoms with Crippen molar-refractivity contribution in [1.29, 1.82) is 10.5 Å². The number of nitriles is 2. The first kappa shape index (κ1) is 28.1. The van der Waals surface area contributed by atoms with Gasteiger partial charge < -0.3 is 0 Å². The number of rotatable bonds is 0. The van der Waals surface area contributed by atoms with Crippen LogP contribution in [0.15, 0.2) is 59.9 Å². The Kier molecular flexibility index (Phi) is 5.77. The molecule has 2 aliphatic rings. The summed E-state index contributed by atoms with van der Waals surface area (Å²) in [7, 11) is 0. The number of hydrogen-bond acceptors (Lipinski definition) is 6. The lowest BCUT2D eigenvalue weighted by Gasteiger charge is -2.09. The van der Waals surface area contributed by atoms with Crippen molar-refractivity contribution < 1.29 is 26.3 Å². The highest BCUT2D eigenvalue weighted by Crippen LogP contribution is 2.48. The molecule has 2 aromatic heterocycles. The summed E-state index contributed by atoms with van der Waals surface area (Å²) < 4.78 is 81.5. The zero-order chi connectivity index (χ0) is 32.7. The molecule has 7 rings (SSSR count). The molecule has 2 heterocycles. The number of fused-ring (bicyclic) bond motifs is 8. The minimum absolute atomic E-state index is 0.0220. The molecule has 0 amide bonds. The quantitative estimate of drug-likeness (QED) is 0.0738. The second-order valence-electron chi connectivity index (χ2n) is 10.1. The first-order valence-electron chi connectivity index (χ1n) is 12.9. The van der Waals surface area contributed by atoms with E-state index in [1.165, 1.54) is 24.3 Å². The van der Waals surface area contributed by atoms with E-state index < -0.39 is 34.9 Å². The molecule has 0 saturated carbocycles. The lowest BCUT2D eigenvalue weighted by Crippen LogP contribution is -2.05. The maximum atomic E-state index is 13.6. The Morgan fingerprint density at radius 2 is 0.891 bits per heavy atom. The van der Waals surface area contributed by atoms with Crippen molar-refractivity contribution in [2.75, 3.05) is 0 Å². The molecule has 0 fully saturated rings. The Balaban J connectivity index is 1.50. The van der Waals surface area contributed by atoms with Crippen molar-refractivity contribution in [3.8, 4) is 34.7 Å². The third-order valence-electron chi connectivity index (χ3n) is 7.57. The molecule has 0 atom stereocenters. The molecule has 0 aliphatic heterocycles. The predicted octanol–water partition coefficient (Wildman–Crippen LogP) is 7.98. The third-order valence-corrected chi connectivity index (χ3v) is 7.57. The number of allylic oxidation sites excluding steroid dienone is 2. The summed E-state index contributed by atoms with van der Waals surface area (Å²) in [6, 6.07) is 12.1. The molecule has 0 radical (unpaired) electrons. The van der Waals surface area contributed by atoms with Crippen molar-refractivity contribution in [3.63, 3.8) is 0 Å². The maximum absolute atomic E-state index is 13.6. The Labute approximate surface area is 253 Å². The smallest absolute Gasteiger partial charge is 0.245 e. The van der Waals surface area contributed by atoms with Gasteiger partial charge in [0.2, 0.25) is 0 Å². The first-order chi connectivity index (χ1) is 21.9. The van der Waals surface area contributed by atoms with Crippen LogP contribution in [0.3, 0.4) is 0 Å². The van der Waals surface area contributed by atoms with Gasteiger partial charge in [-0.3, -0.25) is 0 Å². The topological polar surface area (TPSA) is 108 Å². The van der Waals surface area contributed by atoms with Gasteiger partial charge in [0.1, 0.15) is 0 Å². The highest BCUT2D eigenvalue weighted by Gasteiger charge is 2.37. The lowest BCUT2D eigenvalue weighted by atomic mass is 10.0. The molecule has 3 aromatic carbocycles. The first-order valence-corrected chi connectivity index (χ1v) is 12.9. The number of aromatic nitrogens is 4. The van der Waals surface area contributed by atoms with Crippen LogP contribution in [0.25, 0.3) is 65.4 Å². The van der Waals surface area contributed by atoms with E-state index in [0.29, 0.717) is 0 Å². The van der Waals surface area contributed by atoms with Crippen LogP contribution in [0.2, 0.25) is 0 Å². The Morgan fingerprint density at radius 3 is 1.20 bits per heavy atom. The molecule has 0 saturated heterocycles. The molecule has 0 spiro atoms. The molecule has 0 N–H and O–H groups in total. The average Bonchev–Trinajstić information content (AvgIpc) is 3.49. The number of alkyl halides is 6. The normalized spacial score (nSPS) is 15.2. The van der Waals surface area contributed by atoms with Crippen LogP contribution in [0.4, 0.5) is 26.3 Å². The molecule has 14 heteroatoms. The van der Waals surface area contributed by atoms with Crippen molar-refractivity contribution in [3.05, 3.63) is 116 Å². The summed E-state index contributed by atoms with van der Waals surface area (Å²) in [6.45, 7) is 14.9. The zero-order valence-electron chi connectivity index (χ0n) is 22.5. The van der Waals surface area contributed by atoms with Gasteiger partial charge in [0.25, 0.3) is 11.4 Å². The van der Waals surface area contributed by atoms with Crippen LogP contribution in [-0.2, 0) is 12.4 Å². The Hall–Kier alpha value is -6.64. The van der Waals surface area contributed by atoms with Gasteiger partial charge in [0.15, 0.2) is 0 Å². The number of hydrogen-bond donors (Lipinski definition) is 0. The van der Waals surface area contributed by atoms with Gasteiger partial charge in [-0.15, -0.1) is 0 Å². The van der Waals surface area contributed by atoms with Crippen LogP contribution in [0.1, 0.15) is 33.6 Å². The van der Waals surface area contributed by atoms with Crippen molar-refractivity contribution in [2.45, 2.75) is 12.4 Å². The molecular weight excluding hydrogens is 610 g/mol. The Bertz CT molecular complexity index is 2290. The molecule has 5 aromatic rings.